The lowest BCUT2D eigenvalue weighted by Crippen LogP contribution is -2.37. The molecule has 5 rings (SSSR count). The van der Waals surface area contributed by atoms with Gasteiger partial charge in [-0.15, -0.1) is 0 Å². The first kappa shape index (κ1) is 19.7. The van der Waals surface area contributed by atoms with Crippen LogP contribution < -0.4 is 11.5 Å². The maximum absolute atomic E-state index is 13.3. The smallest absolute Gasteiger partial charge is 0.174 e. The molecule has 0 fully saturated rings. The molecule has 158 valence electrons. The van der Waals surface area contributed by atoms with Gasteiger partial charge in [0.25, 0.3) is 0 Å². The molecule has 1 aliphatic carbocycles. The van der Waals surface area contributed by atoms with Crippen molar-refractivity contribution in [3.05, 3.63) is 65.2 Å². The number of rotatable bonds is 3. The van der Waals surface area contributed by atoms with Crippen molar-refractivity contribution < 1.29 is 9.21 Å². The molecule has 8 heteroatoms. The first-order chi connectivity index (χ1) is 14.9. The van der Waals surface area contributed by atoms with Crippen LogP contribution in [0.4, 0.5) is 0 Å². The lowest BCUT2D eigenvalue weighted by atomic mass is 9.68. The van der Waals surface area contributed by atoms with E-state index in [0.717, 1.165) is 28.3 Å². The predicted molar refractivity (Wildman–Crippen MR) is 121 cm³/mol. The zero-order chi connectivity index (χ0) is 21.8. The van der Waals surface area contributed by atoms with E-state index in [1.807, 2.05) is 50.2 Å². The van der Waals surface area contributed by atoms with E-state index < -0.39 is 11.3 Å². The Kier molecular flexibility index (Phi) is 4.55. The number of nitrogens with two attached hydrogens (primary N) is 2. The summed E-state index contributed by atoms with van der Waals surface area (Å²) in [4.78, 5) is 25.7. The van der Waals surface area contributed by atoms with Gasteiger partial charge in [0.1, 0.15) is 11.6 Å². The summed E-state index contributed by atoms with van der Waals surface area (Å²) in [5.74, 6) is 0.556. The van der Waals surface area contributed by atoms with Crippen molar-refractivity contribution in [3.63, 3.8) is 0 Å². The molecule has 0 saturated heterocycles. The fourth-order valence-corrected chi connectivity index (χ4v) is 4.97. The highest BCUT2D eigenvalue weighted by atomic mass is 32.2. The summed E-state index contributed by atoms with van der Waals surface area (Å²) >= 11 is 1.39. The standard InChI is InChI=1S/C23H23N5O2S/c1-23(2)10-9-15-19(20(23)29)18(12(11-24)21(25)26-15)16-7-8-17(30-16)31-22-27-13-5-3-4-6-14(13)28-22/h3-8,11,18H,9-10,24H2,1-2H3,(H2,25,26)(H,27,28)/b12-11-. The van der Waals surface area contributed by atoms with E-state index in [2.05, 4.69) is 15.0 Å². The molecule has 1 atom stereocenters. The molecular weight excluding hydrogens is 410 g/mol. The molecule has 2 aliphatic rings. The minimum Gasteiger partial charge on any atom is -0.453 e. The Hall–Kier alpha value is -3.26. The van der Waals surface area contributed by atoms with Gasteiger partial charge in [-0.05, 0) is 48.9 Å². The average Bonchev–Trinajstić information content (AvgIpc) is 3.36. The van der Waals surface area contributed by atoms with Crippen molar-refractivity contribution in [2.24, 2.45) is 21.9 Å². The lowest BCUT2D eigenvalue weighted by Gasteiger charge is -2.36. The third kappa shape index (κ3) is 3.27. The van der Waals surface area contributed by atoms with Crippen molar-refractivity contribution in [3.8, 4) is 0 Å². The number of benzene rings is 1. The van der Waals surface area contributed by atoms with E-state index in [-0.39, 0.29) is 5.78 Å². The topological polar surface area (TPSA) is 123 Å². The molecule has 1 aliphatic heterocycles. The summed E-state index contributed by atoms with van der Waals surface area (Å²) in [7, 11) is 0. The number of aromatic amines is 1. The number of hydrogen-bond acceptors (Lipinski definition) is 7. The molecule has 0 saturated carbocycles. The van der Waals surface area contributed by atoms with Crippen LogP contribution in [-0.2, 0) is 4.79 Å². The first-order valence-corrected chi connectivity index (χ1v) is 11.0. The maximum Gasteiger partial charge on any atom is 0.174 e. The van der Waals surface area contributed by atoms with Crippen LogP contribution in [0.25, 0.3) is 11.0 Å². The average molecular weight is 434 g/mol. The second kappa shape index (κ2) is 7.16. The number of aliphatic imine (C=N–C) groups is 1. The third-order valence-corrected chi connectivity index (χ3v) is 6.75. The number of furan rings is 1. The number of hydrogen-bond donors (Lipinski definition) is 3. The second-order valence-corrected chi connectivity index (χ2v) is 9.44. The highest BCUT2D eigenvalue weighted by molar-refractivity contribution is 7.99. The van der Waals surface area contributed by atoms with E-state index >= 15 is 0 Å². The number of Topliss-reactive ketones (excluding diaryl/α,β-unsaturated/α-hetero) is 1. The van der Waals surface area contributed by atoms with Gasteiger partial charge in [-0.3, -0.25) is 4.79 Å². The van der Waals surface area contributed by atoms with Gasteiger partial charge in [-0.25, -0.2) is 9.98 Å². The molecule has 5 N–H and O–H groups in total. The molecule has 0 radical (unpaired) electrons. The van der Waals surface area contributed by atoms with Crippen molar-refractivity contribution in [2.45, 2.75) is 42.9 Å². The summed E-state index contributed by atoms with van der Waals surface area (Å²) in [6.07, 6.45) is 2.86. The van der Waals surface area contributed by atoms with Crippen LogP contribution in [0.3, 0.4) is 0 Å². The van der Waals surface area contributed by atoms with Crippen LogP contribution in [-0.4, -0.2) is 21.6 Å². The van der Waals surface area contributed by atoms with Crippen LogP contribution in [0.1, 0.15) is 38.4 Å². The molecular formula is C23H23N5O2S. The quantitative estimate of drug-likeness (QED) is 0.567. The highest BCUT2D eigenvalue weighted by Gasteiger charge is 2.44. The molecule has 1 unspecified atom stereocenters. The van der Waals surface area contributed by atoms with Crippen LogP contribution in [0.15, 0.2) is 79.1 Å². The molecule has 0 amide bonds. The number of carbonyl (C=O) groups is 1. The Balaban J connectivity index is 1.52. The zero-order valence-electron chi connectivity index (χ0n) is 17.3. The number of imidazole rings is 1. The monoisotopic (exact) mass is 433 g/mol. The summed E-state index contributed by atoms with van der Waals surface area (Å²) in [6.45, 7) is 3.93. The summed E-state index contributed by atoms with van der Waals surface area (Å²) in [5, 5.41) is 1.40. The number of amidine groups is 1. The Labute approximate surface area is 183 Å². The first-order valence-electron chi connectivity index (χ1n) is 10.1. The van der Waals surface area contributed by atoms with Gasteiger partial charge in [0.2, 0.25) is 0 Å². The molecule has 1 aromatic carbocycles. The van der Waals surface area contributed by atoms with Gasteiger partial charge in [0, 0.05) is 22.8 Å². The molecule has 3 aromatic rings. The highest BCUT2D eigenvalue weighted by Crippen LogP contribution is 2.47. The van der Waals surface area contributed by atoms with Gasteiger partial charge < -0.3 is 20.9 Å². The number of H-pyrrole nitrogens is 1. The summed E-state index contributed by atoms with van der Waals surface area (Å²) < 4.78 is 6.18. The van der Waals surface area contributed by atoms with Gasteiger partial charge in [0.05, 0.1) is 22.6 Å². The Bertz CT molecular complexity index is 1260. The normalized spacial score (nSPS) is 22.1. The number of carbonyl (C=O) groups excluding carboxylic acids is 1. The molecule has 7 nitrogen and oxygen atoms in total. The number of ketones is 1. The lowest BCUT2D eigenvalue weighted by molar-refractivity contribution is -0.124. The summed E-state index contributed by atoms with van der Waals surface area (Å²) in [6, 6.07) is 11.6. The number of fused-ring (bicyclic) bond motifs is 1. The van der Waals surface area contributed by atoms with Crippen molar-refractivity contribution in [1.82, 2.24) is 9.97 Å². The fourth-order valence-electron chi connectivity index (χ4n) is 4.20. The van der Waals surface area contributed by atoms with Crippen molar-refractivity contribution >= 4 is 34.4 Å². The van der Waals surface area contributed by atoms with E-state index in [4.69, 9.17) is 15.9 Å². The van der Waals surface area contributed by atoms with Gasteiger partial charge in [-0.1, -0.05) is 26.0 Å². The minimum absolute atomic E-state index is 0.0669. The number of nitrogens with zero attached hydrogens (tertiary/aromatic N) is 2. The van der Waals surface area contributed by atoms with Gasteiger partial charge in [0.15, 0.2) is 16.0 Å². The van der Waals surface area contributed by atoms with E-state index in [0.29, 0.717) is 34.3 Å². The van der Waals surface area contributed by atoms with Gasteiger partial charge in [-0.2, -0.15) is 0 Å². The van der Waals surface area contributed by atoms with E-state index in [9.17, 15) is 4.79 Å². The third-order valence-electron chi connectivity index (χ3n) is 5.94. The van der Waals surface area contributed by atoms with Crippen molar-refractivity contribution in [1.29, 1.82) is 0 Å². The molecule has 2 aromatic heterocycles. The Morgan fingerprint density at radius 2 is 2.06 bits per heavy atom. The second-order valence-electron chi connectivity index (χ2n) is 8.44. The largest absolute Gasteiger partial charge is 0.453 e. The summed E-state index contributed by atoms with van der Waals surface area (Å²) in [5.41, 5.74) is 15.5. The maximum atomic E-state index is 13.3. The van der Waals surface area contributed by atoms with E-state index in [1.165, 1.54) is 18.0 Å². The molecule has 0 bridgehead atoms. The SMILES string of the molecule is CC1(C)CCC2=C(C1=O)C(c1ccc(Sc3nc4ccccc4[nH]3)o1)/C(=C/N)C(N)=N2. The zero-order valence-corrected chi connectivity index (χ0v) is 18.1. The van der Waals surface area contributed by atoms with Crippen LogP contribution in [0.5, 0.6) is 0 Å². The minimum atomic E-state index is -0.463. The van der Waals surface area contributed by atoms with Gasteiger partial charge >= 0.3 is 0 Å². The molecule has 31 heavy (non-hydrogen) atoms. The molecule has 0 spiro atoms. The van der Waals surface area contributed by atoms with Crippen LogP contribution >= 0.6 is 11.8 Å². The number of allylic oxidation sites excluding steroid dienone is 2. The Morgan fingerprint density at radius 3 is 2.84 bits per heavy atom. The van der Waals surface area contributed by atoms with Crippen LogP contribution in [0.2, 0.25) is 0 Å². The fraction of sp³-hybridized carbons (Fsp3) is 0.261. The van der Waals surface area contributed by atoms with Crippen LogP contribution in [0, 0.1) is 5.41 Å². The van der Waals surface area contributed by atoms with E-state index in [1.54, 1.807) is 0 Å². The predicted octanol–water partition coefficient (Wildman–Crippen LogP) is 4.25. The number of para-hydroxylation sites is 2. The Morgan fingerprint density at radius 1 is 1.26 bits per heavy atom. The van der Waals surface area contributed by atoms with Crippen molar-refractivity contribution in [2.75, 3.05) is 0 Å². The number of aromatic nitrogens is 2. The number of nitrogens with one attached hydrogen (secondary N) is 1. The molecule has 3 heterocycles.